The molecule has 0 heterocycles. The van der Waals surface area contributed by atoms with Crippen LogP contribution in [0.4, 0.5) is 0 Å². The fourth-order valence-electron chi connectivity index (χ4n) is 2.44. The highest BCUT2D eigenvalue weighted by Gasteiger charge is 2.21. The molecule has 2 atom stereocenters. The van der Waals surface area contributed by atoms with Gasteiger partial charge in [-0.3, -0.25) is 0 Å². The molecule has 146 valence electrons. The third-order valence-corrected chi connectivity index (χ3v) is 3.99. The number of carbonyl (C=O) groups is 2. The van der Waals surface area contributed by atoms with E-state index in [0.29, 0.717) is 17.7 Å². The highest BCUT2D eigenvalue weighted by molar-refractivity contribution is 5.95. The van der Waals surface area contributed by atoms with E-state index in [1.807, 2.05) is 20.8 Å². The Morgan fingerprint density at radius 1 is 1.15 bits per heavy atom. The zero-order chi connectivity index (χ0) is 20.2. The van der Waals surface area contributed by atoms with Crippen molar-refractivity contribution in [1.29, 1.82) is 0 Å². The first-order valence-corrected chi connectivity index (χ1v) is 9.54. The van der Waals surface area contributed by atoms with Gasteiger partial charge in [-0.2, -0.15) is 0 Å². The molecular formula is C23H30O4. The van der Waals surface area contributed by atoms with E-state index in [9.17, 15) is 9.59 Å². The average Bonchev–Trinajstić information content (AvgIpc) is 2.65. The molecule has 0 N–H and O–H groups in total. The molecule has 1 aromatic rings. The molecule has 0 fully saturated rings. The summed E-state index contributed by atoms with van der Waals surface area (Å²) in [5.41, 5.74) is 1.37. The van der Waals surface area contributed by atoms with E-state index in [2.05, 4.69) is 25.3 Å². The molecule has 0 aromatic heterocycles. The number of rotatable bonds is 9. The molecule has 0 aliphatic carbocycles. The minimum absolute atomic E-state index is 0.105. The molecule has 0 aliphatic rings. The van der Waals surface area contributed by atoms with E-state index in [-0.39, 0.29) is 5.92 Å². The van der Waals surface area contributed by atoms with Crippen molar-refractivity contribution in [3.63, 3.8) is 0 Å². The molecule has 0 spiro atoms. The lowest BCUT2D eigenvalue weighted by Gasteiger charge is -2.19. The Bertz CT molecular complexity index is 709. The number of hydrogen-bond acceptors (Lipinski definition) is 4. The Labute approximate surface area is 162 Å². The van der Waals surface area contributed by atoms with E-state index in [1.165, 1.54) is 6.07 Å². The Kier molecular flexibility index (Phi) is 9.96. The van der Waals surface area contributed by atoms with Crippen LogP contribution in [0.3, 0.4) is 0 Å². The third kappa shape index (κ3) is 8.13. The van der Waals surface area contributed by atoms with Crippen molar-refractivity contribution in [2.75, 3.05) is 6.61 Å². The van der Waals surface area contributed by atoms with E-state index < -0.39 is 18.0 Å². The van der Waals surface area contributed by atoms with Gasteiger partial charge in [0.05, 0.1) is 17.7 Å². The first-order valence-electron chi connectivity index (χ1n) is 9.54. The monoisotopic (exact) mass is 370 g/mol. The van der Waals surface area contributed by atoms with Crippen LogP contribution in [0.15, 0.2) is 36.4 Å². The summed E-state index contributed by atoms with van der Waals surface area (Å²) in [6.45, 7) is 12.1. The lowest BCUT2D eigenvalue weighted by atomic mass is 9.99. The SMILES string of the molecule is C=C(C)C#CC(OC(=O)c1cccc(C(=O)OCCCC)c1)C(C)CCC. The highest BCUT2D eigenvalue weighted by Crippen LogP contribution is 2.17. The highest BCUT2D eigenvalue weighted by atomic mass is 16.5. The molecule has 0 saturated heterocycles. The van der Waals surface area contributed by atoms with Crippen molar-refractivity contribution < 1.29 is 19.1 Å². The predicted octanol–water partition coefficient (Wildman–Crippen LogP) is 5.18. The van der Waals surface area contributed by atoms with Crippen molar-refractivity contribution in [2.45, 2.75) is 59.5 Å². The fraction of sp³-hybridized carbons (Fsp3) is 0.478. The maximum absolute atomic E-state index is 12.6. The fourth-order valence-corrected chi connectivity index (χ4v) is 2.44. The Morgan fingerprint density at radius 2 is 1.81 bits per heavy atom. The lowest BCUT2D eigenvalue weighted by Crippen LogP contribution is -2.24. The van der Waals surface area contributed by atoms with Gasteiger partial charge in [0, 0.05) is 5.92 Å². The van der Waals surface area contributed by atoms with E-state index in [1.54, 1.807) is 18.2 Å². The summed E-state index contributed by atoms with van der Waals surface area (Å²) < 4.78 is 10.8. The summed E-state index contributed by atoms with van der Waals surface area (Å²) in [7, 11) is 0. The largest absolute Gasteiger partial charge is 0.462 e. The normalized spacial score (nSPS) is 12.3. The topological polar surface area (TPSA) is 52.6 Å². The minimum Gasteiger partial charge on any atom is -0.462 e. The van der Waals surface area contributed by atoms with Crippen LogP contribution >= 0.6 is 0 Å². The van der Waals surface area contributed by atoms with Gasteiger partial charge in [0.1, 0.15) is 0 Å². The van der Waals surface area contributed by atoms with Gasteiger partial charge < -0.3 is 9.47 Å². The molecule has 0 amide bonds. The number of esters is 2. The first-order chi connectivity index (χ1) is 12.9. The zero-order valence-electron chi connectivity index (χ0n) is 16.8. The van der Waals surface area contributed by atoms with Crippen LogP contribution in [0.2, 0.25) is 0 Å². The lowest BCUT2D eigenvalue weighted by molar-refractivity contribution is 0.0305. The Morgan fingerprint density at radius 3 is 2.41 bits per heavy atom. The summed E-state index contributed by atoms with van der Waals surface area (Å²) in [5.74, 6) is 5.07. The zero-order valence-corrected chi connectivity index (χ0v) is 16.8. The van der Waals surface area contributed by atoms with Crippen molar-refractivity contribution in [3.05, 3.63) is 47.5 Å². The molecule has 1 rings (SSSR count). The number of unbranched alkanes of at least 4 members (excludes halogenated alkanes) is 1. The quantitative estimate of drug-likeness (QED) is 0.341. The van der Waals surface area contributed by atoms with E-state index >= 15 is 0 Å². The minimum atomic E-state index is -0.519. The molecule has 2 unspecified atom stereocenters. The molecule has 0 radical (unpaired) electrons. The summed E-state index contributed by atoms with van der Waals surface area (Å²) >= 11 is 0. The van der Waals surface area contributed by atoms with E-state index in [0.717, 1.165) is 31.3 Å². The Balaban J connectivity index is 2.90. The van der Waals surface area contributed by atoms with Crippen LogP contribution in [0.25, 0.3) is 0 Å². The maximum atomic E-state index is 12.6. The molecule has 4 heteroatoms. The van der Waals surface area contributed by atoms with Crippen LogP contribution in [-0.2, 0) is 9.47 Å². The second-order valence-electron chi connectivity index (χ2n) is 6.71. The number of carbonyl (C=O) groups excluding carboxylic acids is 2. The van der Waals surface area contributed by atoms with Crippen LogP contribution in [0.5, 0.6) is 0 Å². The predicted molar refractivity (Wildman–Crippen MR) is 107 cm³/mol. The number of allylic oxidation sites excluding steroid dienone is 1. The summed E-state index contributed by atoms with van der Waals surface area (Å²) in [6.07, 6.45) is 3.11. The smallest absolute Gasteiger partial charge is 0.339 e. The summed E-state index contributed by atoms with van der Waals surface area (Å²) in [5, 5.41) is 0. The molecule has 1 aromatic carbocycles. The van der Waals surface area contributed by atoms with Crippen molar-refractivity contribution >= 4 is 11.9 Å². The van der Waals surface area contributed by atoms with Gasteiger partial charge in [0.2, 0.25) is 0 Å². The van der Waals surface area contributed by atoms with Crippen LogP contribution in [-0.4, -0.2) is 24.6 Å². The van der Waals surface area contributed by atoms with Gasteiger partial charge in [-0.05, 0) is 43.5 Å². The van der Waals surface area contributed by atoms with Crippen LogP contribution in [0.1, 0.15) is 74.1 Å². The third-order valence-electron chi connectivity index (χ3n) is 3.99. The van der Waals surface area contributed by atoms with Crippen LogP contribution in [0, 0.1) is 17.8 Å². The summed E-state index contributed by atoms with van der Waals surface area (Å²) in [6, 6.07) is 6.41. The number of hydrogen-bond donors (Lipinski definition) is 0. The van der Waals surface area contributed by atoms with Gasteiger partial charge in [0.15, 0.2) is 6.10 Å². The average molecular weight is 370 g/mol. The number of ether oxygens (including phenoxy) is 2. The van der Waals surface area contributed by atoms with E-state index in [4.69, 9.17) is 9.47 Å². The van der Waals surface area contributed by atoms with Gasteiger partial charge in [0.25, 0.3) is 0 Å². The van der Waals surface area contributed by atoms with Gasteiger partial charge in [-0.25, -0.2) is 9.59 Å². The molecule has 0 saturated carbocycles. The number of benzene rings is 1. The van der Waals surface area contributed by atoms with Gasteiger partial charge >= 0.3 is 11.9 Å². The second kappa shape index (κ2) is 12.0. The van der Waals surface area contributed by atoms with Crippen LogP contribution < -0.4 is 0 Å². The Hall–Kier alpha value is -2.54. The van der Waals surface area contributed by atoms with Crippen molar-refractivity contribution in [3.8, 4) is 11.8 Å². The van der Waals surface area contributed by atoms with Crippen molar-refractivity contribution in [2.24, 2.45) is 5.92 Å². The molecule has 27 heavy (non-hydrogen) atoms. The van der Waals surface area contributed by atoms with Gasteiger partial charge in [-0.1, -0.05) is 58.1 Å². The maximum Gasteiger partial charge on any atom is 0.339 e. The standard InChI is InChI=1S/C23H30O4/c1-6-8-15-26-22(24)19-11-9-12-20(16-19)23(25)27-21(14-13-17(3)4)18(5)10-7-2/h9,11-12,16,18,21H,3,6-8,10,15H2,1-2,4-5H3. The molecule has 4 nitrogen and oxygen atoms in total. The molecular weight excluding hydrogens is 340 g/mol. The molecule has 0 bridgehead atoms. The second-order valence-corrected chi connectivity index (χ2v) is 6.71. The van der Waals surface area contributed by atoms with Gasteiger partial charge in [-0.15, -0.1) is 0 Å². The van der Waals surface area contributed by atoms with Crippen molar-refractivity contribution in [1.82, 2.24) is 0 Å². The molecule has 0 aliphatic heterocycles. The first kappa shape index (κ1) is 22.5. The summed E-state index contributed by atoms with van der Waals surface area (Å²) in [4.78, 5) is 24.7.